The lowest BCUT2D eigenvalue weighted by Crippen LogP contribution is -2.55. The van der Waals surface area contributed by atoms with E-state index in [9.17, 15) is 4.79 Å². The number of hydrogen-bond donors (Lipinski definition) is 3. The Kier molecular flexibility index (Phi) is 6.62. The number of hydrogen-bond acceptors (Lipinski definition) is 5. The normalized spacial score (nSPS) is 20.0. The number of nitrogens with zero attached hydrogens (tertiary/aromatic N) is 1. The molecule has 0 spiro atoms. The van der Waals surface area contributed by atoms with E-state index in [2.05, 4.69) is 57.8 Å². The molecule has 7 heteroatoms. The number of amides is 1. The predicted molar refractivity (Wildman–Crippen MR) is 131 cm³/mol. The Morgan fingerprint density at radius 3 is 2.76 bits per heavy atom. The number of morpholine rings is 2. The topological polar surface area (TPSA) is 78.6 Å². The van der Waals surface area contributed by atoms with Gasteiger partial charge in [0, 0.05) is 65.2 Å². The monoisotopic (exact) mass is 448 g/mol. The van der Waals surface area contributed by atoms with Crippen molar-refractivity contribution < 1.29 is 14.3 Å². The van der Waals surface area contributed by atoms with Crippen molar-refractivity contribution in [1.82, 2.24) is 15.6 Å². The summed E-state index contributed by atoms with van der Waals surface area (Å²) in [5.41, 5.74) is 5.18. The third kappa shape index (κ3) is 4.62. The molecular formula is C26H32N4O3. The van der Waals surface area contributed by atoms with E-state index in [-0.39, 0.29) is 18.0 Å². The highest BCUT2D eigenvalue weighted by Crippen LogP contribution is 2.36. The number of para-hydroxylation sites is 1. The molecule has 0 bridgehead atoms. The van der Waals surface area contributed by atoms with Gasteiger partial charge in [-0.3, -0.25) is 4.79 Å². The molecule has 2 unspecified atom stereocenters. The van der Waals surface area contributed by atoms with Crippen molar-refractivity contribution in [3.8, 4) is 11.1 Å². The van der Waals surface area contributed by atoms with Gasteiger partial charge in [-0.25, -0.2) is 0 Å². The van der Waals surface area contributed by atoms with Gasteiger partial charge in [-0.1, -0.05) is 31.2 Å². The van der Waals surface area contributed by atoms with E-state index in [1.807, 2.05) is 18.3 Å². The maximum absolute atomic E-state index is 13.0. The fourth-order valence-electron chi connectivity index (χ4n) is 4.85. The maximum Gasteiger partial charge on any atom is 0.251 e. The number of anilines is 1. The van der Waals surface area contributed by atoms with Crippen LogP contribution in [0.1, 0.15) is 23.7 Å². The van der Waals surface area contributed by atoms with Gasteiger partial charge in [0.1, 0.15) is 0 Å². The number of aromatic amines is 1. The lowest BCUT2D eigenvalue weighted by Gasteiger charge is -2.31. The smallest absolute Gasteiger partial charge is 0.251 e. The number of ether oxygens (including phenoxy) is 2. The molecule has 7 nitrogen and oxygen atoms in total. The highest BCUT2D eigenvalue weighted by atomic mass is 16.5. The molecule has 2 atom stereocenters. The Hall–Kier alpha value is -2.87. The van der Waals surface area contributed by atoms with Gasteiger partial charge < -0.3 is 30.0 Å². The summed E-state index contributed by atoms with van der Waals surface area (Å²) in [6, 6.07) is 14.6. The van der Waals surface area contributed by atoms with Gasteiger partial charge in [0.25, 0.3) is 5.91 Å². The molecule has 1 amide bonds. The summed E-state index contributed by atoms with van der Waals surface area (Å²) < 4.78 is 11.1. The van der Waals surface area contributed by atoms with Crippen molar-refractivity contribution in [3.05, 3.63) is 54.2 Å². The maximum atomic E-state index is 13.0. The zero-order chi connectivity index (χ0) is 22.6. The molecule has 3 heterocycles. The molecule has 0 aliphatic carbocycles. The molecule has 2 aliphatic heterocycles. The first-order valence-corrected chi connectivity index (χ1v) is 11.9. The lowest BCUT2D eigenvalue weighted by molar-refractivity contribution is 0.0600. The number of carbonyl (C=O) groups is 1. The molecule has 1 aromatic heterocycles. The SMILES string of the molecule is CCC(NC(=O)c1ccc2c(-c3ccccc3N3CCOCC3)c[nH]c2c1)C1COCCN1. The molecule has 5 rings (SSSR count). The Bertz CT molecular complexity index is 1100. The second-order valence-corrected chi connectivity index (χ2v) is 8.70. The van der Waals surface area contributed by atoms with Gasteiger partial charge >= 0.3 is 0 Å². The Morgan fingerprint density at radius 1 is 1.12 bits per heavy atom. The van der Waals surface area contributed by atoms with E-state index in [0.717, 1.165) is 62.3 Å². The quantitative estimate of drug-likeness (QED) is 0.540. The van der Waals surface area contributed by atoms with E-state index in [0.29, 0.717) is 12.2 Å². The van der Waals surface area contributed by atoms with Crippen LogP contribution in [0.2, 0.25) is 0 Å². The fourth-order valence-corrected chi connectivity index (χ4v) is 4.85. The second-order valence-electron chi connectivity index (χ2n) is 8.70. The van der Waals surface area contributed by atoms with E-state index in [1.54, 1.807) is 0 Å². The third-order valence-corrected chi connectivity index (χ3v) is 6.68. The van der Waals surface area contributed by atoms with Crippen LogP contribution in [0.4, 0.5) is 5.69 Å². The summed E-state index contributed by atoms with van der Waals surface area (Å²) in [6.07, 6.45) is 2.89. The van der Waals surface area contributed by atoms with E-state index in [4.69, 9.17) is 9.47 Å². The Balaban J connectivity index is 1.39. The van der Waals surface area contributed by atoms with Gasteiger partial charge in [0.15, 0.2) is 0 Å². The van der Waals surface area contributed by atoms with E-state index < -0.39 is 0 Å². The number of nitrogens with one attached hydrogen (secondary N) is 3. The summed E-state index contributed by atoms with van der Waals surface area (Å²) >= 11 is 0. The van der Waals surface area contributed by atoms with Crippen LogP contribution in [-0.2, 0) is 9.47 Å². The van der Waals surface area contributed by atoms with Crippen LogP contribution < -0.4 is 15.5 Å². The number of benzene rings is 2. The second kappa shape index (κ2) is 9.95. The van der Waals surface area contributed by atoms with Gasteiger partial charge in [0.05, 0.1) is 32.5 Å². The zero-order valence-corrected chi connectivity index (χ0v) is 19.1. The summed E-state index contributed by atoms with van der Waals surface area (Å²) in [5.74, 6) is -0.0546. The van der Waals surface area contributed by atoms with E-state index in [1.165, 1.54) is 11.3 Å². The zero-order valence-electron chi connectivity index (χ0n) is 19.1. The van der Waals surface area contributed by atoms with Crippen molar-refractivity contribution in [1.29, 1.82) is 0 Å². The summed E-state index contributed by atoms with van der Waals surface area (Å²) in [7, 11) is 0. The van der Waals surface area contributed by atoms with Crippen molar-refractivity contribution in [2.24, 2.45) is 0 Å². The average Bonchev–Trinajstić information content (AvgIpc) is 3.31. The van der Waals surface area contributed by atoms with Crippen LogP contribution in [0.15, 0.2) is 48.7 Å². The molecule has 3 aromatic rings. The van der Waals surface area contributed by atoms with Crippen LogP contribution in [0.3, 0.4) is 0 Å². The number of H-pyrrole nitrogens is 1. The number of rotatable bonds is 6. The van der Waals surface area contributed by atoms with Gasteiger partial charge in [-0.05, 0) is 24.6 Å². The van der Waals surface area contributed by atoms with Crippen LogP contribution in [0.25, 0.3) is 22.0 Å². The lowest BCUT2D eigenvalue weighted by atomic mass is 10.0. The van der Waals surface area contributed by atoms with Crippen molar-refractivity contribution in [2.75, 3.05) is 51.0 Å². The van der Waals surface area contributed by atoms with Crippen molar-refractivity contribution in [2.45, 2.75) is 25.4 Å². The highest BCUT2D eigenvalue weighted by molar-refractivity contribution is 6.03. The van der Waals surface area contributed by atoms with Gasteiger partial charge in [-0.2, -0.15) is 0 Å². The first kappa shape index (κ1) is 21.9. The van der Waals surface area contributed by atoms with Crippen LogP contribution in [0, 0.1) is 0 Å². The minimum Gasteiger partial charge on any atom is -0.378 e. The number of aromatic nitrogens is 1. The standard InChI is InChI=1S/C26H32N4O3/c1-2-22(24-17-33-12-9-27-24)29-26(31)18-7-8-19-21(16-28-23(19)15-18)20-5-3-4-6-25(20)30-10-13-32-14-11-30/h3-8,15-16,22,24,27-28H,2,9-14,17H2,1H3,(H,29,31). The van der Waals surface area contributed by atoms with E-state index >= 15 is 0 Å². The molecule has 174 valence electrons. The highest BCUT2D eigenvalue weighted by Gasteiger charge is 2.25. The van der Waals surface area contributed by atoms with Crippen molar-refractivity contribution >= 4 is 22.5 Å². The average molecular weight is 449 g/mol. The van der Waals surface area contributed by atoms with Crippen LogP contribution in [-0.4, -0.2) is 69.0 Å². The molecule has 2 aromatic carbocycles. The summed E-state index contributed by atoms with van der Waals surface area (Å²) in [5, 5.41) is 7.76. The van der Waals surface area contributed by atoms with Gasteiger partial charge in [0.2, 0.25) is 0 Å². The Morgan fingerprint density at radius 2 is 1.97 bits per heavy atom. The Labute approximate surface area is 194 Å². The van der Waals surface area contributed by atoms with Crippen molar-refractivity contribution in [3.63, 3.8) is 0 Å². The molecule has 0 radical (unpaired) electrons. The number of carbonyl (C=O) groups excluding carboxylic acids is 1. The minimum atomic E-state index is -0.0546. The fraction of sp³-hybridized carbons (Fsp3) is 0.423. The molecule has 2 aliphatic rings. The number of fused-ring (bicyclic) bond motifs is 1. The van der Waals surface area contributed by atoms with Crippen LogP contribution >= 0.6 is 0 Å². The van der Waals surface area contributed by atoms with Crippen LogP contribution in [0.5, 0.6) is 0 Å². The van der Waals surface area contributed by atoms with Gasteiger partial charge in [-0.15, -0.1) is 0 Å². The predicted octanol–water partition coefficient (Wildman–Crippen LogP) is 3.17. The molecule has 0 saturated carbocycles. The minimum absolute atomic E-state index is 0.0353. The molecular weight excluding hydrogens is 416 g/mol. The third-order valence-electron chi connectivity index (χ3n) is 6.68. The molecule has 33 heavy (non-hydrogen) atoms. The summed E-state index contributed by atoms with van der Waals surface area (Å²) in [6.45, 7) is 7.55. The molecule has 3 N–H and O–H groups in total. The largest absolute Gasteiger partial charge is 0.378 e. The first-order chi connectivity index (χ1) is 16.2. The summed E-state index contributed by atoms with van der Waals surface area (Å²) in [4.78, 5) is 18.8. The molecule has 2 saturated heterocycles. The molecule has 2 fully saturated rings. The first-order valence-electron chi connectivity index (χ1n) is 11.9.